The summed E-state index contributed by atoms with van der Waals surface area (Å²) in [6.45, 7) is 2.12. The lowest BCUT2D eigenvalue weighted by Gasteiger charge is -2.17. The molecule has 1 aromatic carbocycles. The Morgan fingerprint density at radius 3 is 2.88 bits per heavy atom. The SMILES string of the molecule is CCCSCC(NN)c1cccc(OC)c1F. The van der Waals surface area contributed by atoms with Gasteiger partial charge in [0, 0.05) is 11.3 Å². The maximum absolute atomic E-state index is 14.0. The summed E-state index contributed by atoms with van der Waals surface area (Å²) in [5, 5.41) is 0. The summed E-state index contributed by atoms with van der Waals surface area (Å²) in [5.41, 5.74) is 3.20. The fraction of sp³-hybridized carbons (Fsp3) is 0.500. The largest absolute Gasteiger partial charge is 0.494 e. The summed E-state index contributed by atoms with van der Waals surface area (Å²) in [4.78, 5) is 0. The van der Waals surface area contributed by atoms with E-state index in [4.69, 9.17) is 10.6 Å². The fourth-order valence-corrected chi connectivity index (χ4v) is 2.49. The van der Waals surface area contributed by atoms with Crippen LogP contribution in [0.25, 0.3) is 0 Å². The highest BCUT2D eigenvalue weighted by Gasteiger charge is 2.17. The van der Waals surface area contributed by atoms with Crippen molar-refractivity contribution < 1.29 is 9.13 Å². The van der Waals surface area contributed by atoms with Crippen LogP contribution in [-0.4, -0.2) is 18.6 Å². The van der Waals surface area contributed by atoms with Crippen molar-refractivity contribution in [1.29, 1.82) is 0 Å². The van der Waals surface area contributed by atoms with Gasteiger partial charge in [0.25, 0.3) is 0 Å². The number of hydrazine groups is 1. The van der Waals surface area contributed by atoms with Gasteiger partial charge in [0.15, 0.2) is 11.6 Å². The Kier molecular flexibility index (Phi) is 6.32. The Morgan fingerprint density at radius 1 is 1.53 bits per heavy atom. The van der Waals surface area contributed by atoms with E-state index in [0.29, 0.717) is 5.56 Å². The number of halogens is 1. The number of hydrogen-bond acceptors (Lipinski definition) is 4. The maximum atomic E-state index is 14.0. The van der Waals surface area contributed by atoms with E-state index in [1.165, 1.54) is 7.11 Å². The van der Waals surface area contributed by atoms with Crippen molar-refractivity contribution in [2.45, 2.75) is 19.4 Å². The van der Waals surface area contributed by atoms with E-state index < -0.39 is 0 Å². The highest BCUT2D eigenvalue weighted by molar-refractivity contribution is 7.99. The van der Waals surface area contributed by atoms with Crippen LogP contribution in [0.3, 0.4) is 0 Å². The minimum atomic E-state index is -0.338. The van der Waals surface area contributed by atoms with Crippen LogP contribution in [0.15, 0.2) is 18.2 Å². The molecule has 0 radical (unpaired) electrons. The van der Waals surface area contributed by atoms with Crippen molar-refractivity contribution in [2.75, 3.05) is 18.6 Å². The molecule has 0 spiro atoms. The lowest BCUT2D eigenvalue weighted by atomic mass is 10.1. The molecule has 0 aliphatic carbocycles. The molecule has 0 saturated carbocycles. The lowest BCUT2D eigenvalue weighted by molar-refractivity contribution is 0.381. The molecule has 0 saturated heterocycles. The second kappa shape index (κ2) is 7.53. The molecule has 0 bridgehead atoms. The summed E-state index contributed by atoms with van der Waals surface area (Å²) in [6, 6.07) is 4.91. The topological polar surface area (TPSA) is 47.3 Å². The molecule has 5 heteroatoms. The van der Waals surface area contributed by atoms with Gasteiger partial charge in [-0.15, -0.1) is 0 Å². The van der Waals surface area contributed by atoms with Crippen molar-refractivity contribution in [2.24, 2.45) is 5.84 Å². The summed E-state index contributed by atoms with van der Waals surface area (Å²) in [5.74, 6) is 7.18. The van der Waals surface area contributed by atoms with E-state index in [0.717, 1.165) is 17.9 Å². The third kappa shape index (κ3) is 3.87. The van der Waals surface area contributed by atoms with E-state index >= 15 is 0 Å². The predicted molar refractivity (Wildman–Crippen MR) is 70.6 cm³/mol. The van der Waals surface area contributed by atoms with E-state index in [1.807, 2.05) is 0 Å². The first kappa shape index (κ1) is 14.3. The Morgan fingerprint density at radius 2 is 2.29 bits per heavy atom. The van der Waals surface area contributed by atoms with Gasteiger partial charge in [-0.05, 0) is 18.2 Å². The van der Waals surface area contributed by atoms with Crippen LogP contribution in [0, 0.1) is 5.82 Å². The third-order valence-electron chi connectivity index (χ3n) is 2.42. The average molecular weight is 258 g/mol. The van der Waals surface area contributed by atoms with Crippen LogP contribution in [0.5, 0.6) is 5.75 Å². The van der Waals surface area contributed by atoms with Crippen LogP contribution in [0.1, 0.15) is 24.9 Å². The number of ether oxygens (including phenoxy) is 1. The summed E-state index contributed by atoms with van der Waals surface area (Å²) in [7, 11) is 1.46. The van der Waals surface area contributed by atoms with Crippen LogP contribution >= 0.6 is 11.8 Å². The van der Waals surface area contributed by atoms with Crippen LogP contribution < -0.4 is 16.0 Å². The Labute approximate surface area is 106 Å². The third-order valence-corrected chi connectivity index (χ3v) is 3.69. The molecule has 1 unspecified atom stereocenters. The van der Waals surface area contributed by atoms with E-state index in [2.05, 4.69) is 12.3 Å². The lowest BCUT2D eigenvalue weighted by Crippen LogP contribution is -2.30. The Hall–Kier alpha value is -0.780. The van der Waals surface area contributed by atoms with Gasteiger partial charge < -0.3 is 4.74 Å². The van der Waals surface area contributed by atoms with Gasteiger partial charge in [-0.25, -0.2) is 4.39 Å². The van der Waals surface area contributed by atoms with Crippen molar-refractivity contribution in [3.8, 4) is 5.75 Å². The highest BCUT2D eigenvalue weighted by atomic mass is 32.2. The zero-order valence-electron chi connectivity index (χ0n) is 10.2. The Bertz CT molecular complexity index is 349. The molecule has 3 nitrogen and oxygen atoms in total. The van der Waals surface area contributed by atoms with Crippen LogP contribution in [0.4, 0.5) is 4.39 Å². The molecule has 0 heterocycles. The molecule has 0 aliphatic rings. The first-order valence-electron chi connectivity index (χ1n) is 5.60. The average Bonchev–Trinajstić information content (AvgIpc) is 2.36. The molecular formula is C12H19FN2OS. The number of nitrogens with two attached hydrogens (primary N) is 1. The molecule has 1 atom stereocenters. The molecule has 1 aromatic rings. The smallest absolute Gasteiger partial charge is 0.169 e. The first-order chi connectivity index (χ1) is 8.24. The number of thioether (sulfide) groups is 1. The number of methoxy groups -OCH3 is 1. The van der Waals surface area contributed by atoms with Gasteiger partial charge in [-0.2, -0.15) is 11.8 Å². The first-order valence-corrected chi connectivity index (χ1v) is 6.76. The van der Waals surface area contributed by atoms with Gasteiger partial charge in [-0.1, -0.05) is 19.1 Å². The quantitative estimate of drug-likeness (QED) is 0.448. The van der Waals surface area contributed by atoms with E-state index in [1.54, 1.807) is 30.0 Å². The molecule has 1 rings (SSSR count). The summed E-state index contributed by atoms with van der Waals surface area (Å²) in [6.07, 6.45) is 1.10. The standard InChI is InChI=1S/C12H19FN2OS/c1-3-7-17-8-10(15-14)9-5-4-6-11(16-2)12(9)13/h4-6,10,15H,3,7-8,14H2,1-2H3. The molecule has 3 N–H and O–H groups in total. The predicted octanol–water partition coefficient (Wildman–Crippen LogP) is 2.48. The minimum Gasteiger partial charge on any atom is -0.494 e. The van der Waals surface area contributed by atoms with Gasteiger partial charge in [0.05, 0.1) is 13.2 Å². The van der Waals surface area contributed by atoms with Crippen molar-refractivity contribution in [3.63, 3.8) is 0 Å². The van der Waals surface area contributed by atoms with E-state index in [-0.39, 0.29) is 17.6 Å². The second-order valence-electron chi connectivity index (χ2n) is 3.66. The highest BCUT2D eigenvalue weighted by Crippen LogP contribution is 2.26. The zero-order chi connectivity index (χ0) is 12.7. The van der Waals surface area contributed by atoms with Gasteiger partial charge in [-0.3, -0.25) is 11.3 Å². The molecule has 0 fully saturated rings. The molecule has 0 aliphatic heterocycles. The Balaban J connectivity index is 2.80. The minimum absolute atomic E-state index is 0.193. The normalized spacial score (nSPS) is 12.5. The molecule has 0 amide bonds. The summed E-state index contributed by atoms with van der Waals surface area (Å²) >= 11 is 1.75. The molecular weight excluding hydrogens is 239 g/mol. The van der Waals surface area contributed by atoms with Crippen LogP contribution in [0.2, 0.25) is 0 Å². The van der Waals surface area contributed by atoms with Gasteiger partial charge in [0.2, 0.25) is 0 Å². The zero-order valence-corrected chi connectivity index (χ0v) is 11.0. The van der Waals surface area contributed by atoms with Crippen molar-refractivity contribution in [3.05, 3.63) is 29.6 Å². The van der Waals surface area contributed by atoms with Crippen molar-refractivity contribution in [1.82, 2.24) is 5.43 Å². The fourth-order valence-electron chi connectivity index (χ4n) is 1.53. The van der Waals surface area contributed by atoms with Crippen molar-refractivity contribution >= 4 is 11.8 Å². The number of rotatable bonds is 7. The maximum Gasteiger partial charge on any atom is 0.169 e. The number of benzene rings is 1. The second-order valence-corrected chi connectivity index (χ2v) is 4.81. The van der Waals surface area contributed by atoms with Gasteiger partial charge >= 0.3 is 0 Å². The van der Waals surface area contributed by atoms with E-state index in [9.17, 15) is 4.39 Å². The number of nitrogens with one attached hydrogen (secondary N) is 1. The molecule has 17 heavy (non-hydrogen) atoms. The molecule has 96 valence electrons. The summed E-state index contributed by atoms with van der Waals surface area (Å²) < 4.78 is 18.9. The number of hydrogen-bond donors (Lipinski definition) is 2. The monoisotopic (exact) mass is 258 g/mol. The van der Waals surface area contributed by atoms with Gasteiger partial charge in [0.1, 0.15) is 0 Å². The van der Waals surface area contributed by atoms with Crippen LogP contribution in [-0.2, 0) is 0 Å². The molecule has 0 aromatic heterocycles.